The summed E-state index contributed by atoms with van der Waals surface area (Å²) in [6.07, 6.45) is 6.00. The Morgan fingerprint density at radius 1 is 1.38 bits per heavy atom. The SMILES string of the molecule is COC(=O)CCCCCOC[C@@H]1CCCN1. The standard InChI is InChI=1S/C12H23NO3/c1-15-12(14)7-3-2-4-9-16-10-11-6-5-8-13-11/h11,13H,2-10H2,1H3/t11-/m0/s1. The highest BCUT2D eigenvalue weighted by Crippen LogP contribution is 2.06. The Balaban J connectivity index is 1.79. The fourth-order valence-electron chi connectivity index (χ4n) is 1.88. The van der Waals surface area contributed by atoms with Gasteiger partial charge in [-0.1, -0.05) is 6.42 Å². The highest BCUT2D eigenvalue weighted by atomic mass is 16.5. The molecule has 1 N–H and O–H groups in total. The van der Waals surface area contributed by atoms with Gasteiger partial charge in [0.05, 0.1) is 13.7 Å². The molecule has 94 valence electrons. The molecule has 1 saturated heterocycles. The summed E-state index contributed by atoms with van der Waals surface area (Å²) >= 11 is 0. The van der Waals surface area contributed by atoms with Crippen molar-refractivity contribution in [3.63, 3.8) is 0 Å². The first-order valence-electron chi connectivity index (χ1n) is 6.21. The van der Waals surface area contributed by atoms with Crippen molar-refractivity contribution >= 4 is 5.97 Å². The summed E-state index contributed by atoms with van der Waals surface area (Å²) < 4.78 is 10.1. The molecule has 0 aromatic carbocycles. The molecule has 1 aliphatic rings. The molecule has 1 atom stereocenters. The van der Waals surface area contributed by atoms with E-state index < -0.39 is 0 Å². The van der Waals surface area contributed by atoms with Crippen LogP contribution in [0.1, 0.15) is 38.5 Å². The van der Waals surface area contributed by atoms with Gasteiger partial charge in [0.25, 0.3) is 0 Å². The molecule has 0 spiro atoms. The molecule has 0 unspecified atom stereocenters. The van der Waals surface area contributed by atoms with Crippen LogP contribution in [-0.2, 0) is 14.3 Å². The Kier molecular flexibility index (Phi) is 7.17. The van der Waals surface area contributed by atoms with Gasteiger partial charge in [-0.3, -0.25) is 4.79 Å². The predicted molar refractivity (Wildman–Crippen MR) is 62.3 cm³/mol. The van der Waals surface area contributed by atoms with Crippen LogP contribution in [0.25, 0.3) is 0 Å². The highest BCUT2D eigenvalue weighted by molar-refractivity contribution is 5.68. The quantitative estimate of drug-likeness (QED) is 0.506. The van der Waals surface area contributed by atoms with Crippen LogP contribution in [0.15, 0.2) is 0 Å². The first-order chi connectivity index (χ1) is 7.83. The Bertz CT molecular complexity index is 191. The van der Waals surface area contributed by atoms with Gasteiger partial charge in [0.15, 0.2) is 0 Å². The van der Waals surface area contributed by atoms with Crippen molar-refractivity contribution in [2.45, 2.75) is 44.6 Å². The minimum absolute atomic E-state index is 0.115. The van der Waals surface area contributed by atoms with Crippen LogP contribution in [0, 0.1) is 0 Å². The van der Waals surface area contributed by atoms with Gasteiger partial charge in [-0.2, -0.15) is 0 Å². The largest absolute Gasteiger partial charge is 0.469 e. The molecule has 1 rings (SSSR count). The maximum Gasteiger partial charge on any atom is 0.305 e. The first-order valence-corrected chi connectivity index (χ1v) is 6.21. The van der Waals surface area contributed by atoms with E-state index in [1.165, 1.54) is 20.0 Å². The van der Waals surface area contributed by atoms with Crippen molar-refractivity contribution in [2.24, 2.45) is 0 Å². The van der Waals surface area contributed by atoms with E-state index in [0.29, 0.717) is 12.5 Å². The van der Waals surface area contributed by atoms with Gasteiger partial charge in [0.2, 0.25) is 0 Å². The number of unbranched alkanes of at least 4 members (excludes halogenated alkanes) is 2. The van der Waals surface area contributed by atoms with E-state index in [4.69, 9.17) is 4.74 Å². The lowest BCUT2D eigenvalue weighted by Gasteiger charge is -2.10. The third kappa shape index (κ3) is 6.08. The lowest BCUT2D eigenvalue weighted by molar-refractivity contribution is -0.140. The molecule has 4 nitrogen and oxygen atoms in total. The second-order valence-electron chi connectivity index (χ2n) is 4.25. The summed E-state index contributed by atoms with van der Waals surface area (Å²) in [5.41, 5.74) is 0. The fourth-order valence-corrected chi connectivity index (χ4v) is 1.88. The number of methoxy groups -OCH3 is 1. The summed E-state index contributed by atoms with van der Waals surface area (Å²) in [4.78, 5) is 10.8. The minimum atomic E-state index is -0.115. The van der Waals surface area contributed by atoms with E-state index in [1.807, 2.05) is 0 Å². The molecule has 0 aliphatic carbocycles. The number of esters is 1. The van der Waals surface area contributed by atoms with E-state index in [0.717, 1.165) is 39.0 Å². The molecule has 16 heavy (non-hydrogen) atoms. The van der Waals surface area contributed by atoms with Crippen molar-refractivity contribution in [3.05, 3.63) is 0 Å². The van der Waals surface area contributed by atoms with Crippen molar-refractivity contribution in [3.8, 4) is 0 Å². The minimum Gasteiger partial charge on any atom is -0.469 e. The van der Waals surface area contributed by atoms with Gasteiger partial charge in [-0.25, -0.2) is 0 Å². The normalized spacial score (nSPS) is 19.9. The number of carbonyl (C=O) groups is 1. The third-order valence-corrected chi connectivity index (χ3v) is 2.88. The van der Waals surface area contributed by atoms with Gasteiger partial charge >= 0.3 is 5.97 Å². The number of ether oxygens (including phenoxy) is 2. The second-order valence-corrected chi connectivity index (χ2v) is 4.25. The van der Waals surface area contributed by atoms with E-state index >= 15 is 0 Å². The molecular formula is C12H23NO3. The molecule has 1 fully saturated rings. The molecule has 0 aromatic heterocycles. The van der Waals surface area contributed by atoms with E-state index in [1.54, 1.807) is 0 Å². The first kappa shape index (κ1) is 13.5. The summed E-state index contributed by atoms with van der Waals surface area (Å²) in [7, 11) is 1.43. The van der Waals surface area contributed by atoms with Gasteiger partial charge in [-0.05, 0) is 32.2 Å². The van der Waals surface area contributed by atoms with E-state index in [2.05, 4.69) is 10.1 Å². The van der Waals surface area contributed by atoms with E-state index in [-0.39, 0.29) is 5.97 Å². The molecular weight excluding hydrogens is 206 g/mol. The zero-order chi connectivity index (χ0) is 11.6. The average molecular weight is 229 g/mol. The monoisotopic (exact) mass is 229 g/mol. The number of hydrogen-bond donors (Lipinski definition) is 1. The van der Waals surface area contributed by atoms with Crippen LogP contribution in [0.4, 0.5) is 0 Å². The number of carbonyl (C=O) groups excluding carboxylic acids is 1. The summed E-state index contributed by atoms with van der Waals surface area (Å²) in [5.74, 6) is -0.115. The van der Waals surface area contributed by atoms with Crippen LogP contribution in [0.5, 0.6) is 0 Å². The molecule has 0 bridgehead atoms. The average Bonchev–Trinajstić information content (AvgIpc) is 2.80. The smallest absolute Gasteiger partial charge is 0.305 e. The lowest BCUT2D eigenvalue weighted by atomic mass is 10.2. The molecule has 4 heteroatoms. The van der Waals surface area contributed by atoms with Crippen LogP contribution in [-0.4, -0.2) is 38.9 Å². The van der Waals surface area contributed by atoms with Gasteiger partial charge in [0.1, 0.15) is 0 Å². The van der Waals surface area contributed by atoms with Crippen molar-refractivity contribution in [2.75, 3.05) is 26.9 Å². The van der Waals surface area contributed by atoms with Gasteiger partial charge in [0, 0.05) is 19.1 Å². The predicted octanol–water partition coefficient (Wildman–Crippen LogP) is 1.49. The van der Waals surface area contributed by atoms with Crippen LogP contribution in [0.3, 0.4) is 0 Å². The second kappa shape index (κ2) is 8.53. The van der Waals surface area contributed by atoms with Crippen molar-refractivity contribution in [1.82, 2.24) is 5.32 Å². The molecule has 1 aliphatic heterocycles. The maximum absolute atomic E-state index is 10.8. The Hall–Kier alpha value is -0.610. The summed E-state index contributed by atoms with van der Waals surface area (Å²) in [5, 5.41) is 3.40. The molecule has 1 heterocycles. The highest BCUT2D eigenvalue weighted by Gasteiger charge is 2.13. The van der Waals surface area contributed by atoms with Gasteiger partial charge in [-0.15, -0.1) is 0 Å². The Morgan fingerprint density at radius 2 is 2.25 bits per heavy atom. The number of hydrogen-bond acceptors (Lipinski definition) is 4. The van der Waals surface area contributed by atoms with E-state index in [9.17, 15) is 4.79 Å². The zero-order valence-corrected chi connectivity index (χ0v) is 10.2. The third-order valence-electron chi connectivity index (χ3n) is 2.88. The van der Waals surface area contributed by atoms with Crippen molar-refractivity contribution < 1.29 is 14.3 Å². The summed E-state index contributed by atoms with van der Waals surface area (Å²) in [6.45, 7) is 2.77. The summed E-state index contributed by atoms with van der Waals surface area (Å²) in [6, 6.07) is 0.565. The van der Waals surface area contributed by atoms with Crippen molar-refractivity contribution in [1.29, 1.82) is 0 Å². The molecule has 0 aromatic rings. The Labute approximate surface area is 97.7 Å². The van der Waals surface area contributed by atoms with Gasteiger partial charge < -0.3 is 14.8 Å². The van der Waals surface area contributed by atoms with Crippen LogP contribution >= 0.6 is 0 Å². The Morgan fingerprint density at radius 3 is 2.94 bits per heavy atom. The molecule has 0 radical (unpaired) electrons. The number of nitrogens with one attached hydrogen (secondary N) is 1. The lowest BCUT2D eigenvalue weighted by Crippen LogP contribution is -2.26. The maximum atomic E-state index is 10.8. The van der Waals surface area contributed by atoms with Crippen LogP contribution in [0.2, 0.25) is 0 Å². The fraction of sp³-hybridized carbons (Fsp3) is 0.917. The zero-order valence-electron chi connectivity index (χ0n) is 10.2. The molecule has 0 amide bonds. The topological polar surface area (TPSA) is 47.6 Å². The number of rotatable bonds is 8. The molecule has 0 saturated carbocycles. The van der Waals surface area contributed by atoms with Crippen LogP contribution < -0.4 is 5.32 Å².